The van der Waals surface area contributed by atoms with Gasteiger partial charge in [-0.2, -0.15) is 4.31 Å². The molecule has 0 aliphatic carbocycles. The van der Waals surface area contributed by atoms with Crippen LogP contribution in [0.2, 0.25) is 0 Å². The summed E-state index contributed by atoms with van der Waals surface area (Å²) in [5.41, 5.74) is 1.12. The molecular weight excluding hydrogens is 344 g/mol. The average molecular weight is 364 g/mol. The number of sulfonamides is 1. The summed E-state index contributed by atoms with van der Waals surface area (Å²) in [6.07, 6.45) is 1.17. The van der Waals surface area contributed by atoms with Crippen molar-refractivity contribution in [2.24, 2.45) is 0 Å². The number of aryl methyl sites for hydroxylation is 1. The molecule has 1 saturated heterocycles. The summed E-state index contributed by atoms with van der Waals surface area (Å²) in [5, 5.41) is 0. The second kappa shape index (κ2) is 6.89. The average Bonchev–Trinajstić information content (AvgIpc) is 3.04. The van der Waals surface area contributed by atoms with Crippen molar-refractivity contribution in [3.8, 4) is 11.7 Å². The van der Waals surface area contributed by atoms with E-state index in [9.17, 15) is 13.2 Å². The predicted octanol–water partition coefficient (Wildman–Crippen LogP) is 2.10. The first-order chi connectivity index (χ1) is 11.8. The van der Waals surface area contributed by atoms with Gasteiger partial charge in [-0.1, -0.05) is 17.7 Å². The molecule has 0 N–H and O–H groups in total. The maximum Gasteiger partial charge on any atom is 0.290 e. The van der Waals surface area contributed by atoms with Crippen LogP contribution in [0.1, 0.15) is 16.1 Å². The minimum absolute atomic E-state index is 0.176. The molecule has 0 atom stereocenters. The molecule has 1 aromatic carbocycles. The van der Waals surface area contributed by atoms with E-state index in [4.69, 9.17) is 9.15 Å². The van der Waals surface area contributed by atoms with Gasteiger partial charge in [0.1, 0.15) is 5.75 Å². The summed E-state index contributed by atoms with van der Waals surface area (Å²) >= 11 is 0. The van der Waals surface area contributed by atoms with Crippen LogP contribution in [0, 0.1) is 6.92 Å². The molecule has 2 aromatic rings. The molecule has 0 radical (unpaired) electrons. The molecule has 8 heteroatoms. The number of benzene rings is 1. The van der Waals surface area contributed by atoms with Gasteiger partial charge < -0.3 is 14.1 Å². The van der Waals surface area contributed by atoms with Gasteiger partial charge in [0.05, 0.1) is 6.26 Å². The van der Waals surface area contributed by atoms with E-state index in [1.807, 2.05) is 31.2 Å². The van der Waals surface area contributed by atoms with Gasteiger partial charge in [0.2, 0.25) is 10.0 Å². The lowest BCUT2D eigenvalue weighted by molar-refractivity contribution is 0.0661. The van der Waals surface area contributed by atoms with E-state index >= 15 is 0 Å². The number of nitrogens with zero attached hydrogens (tertiary/aromatic N) is 2. The second-order valence-corrected chi connectivity index (χ2v) is 7.97. The zero-order valence-corrected chi connectivity index (χ0v) is 15.0. The maximum atomic E-state index is 12.5. The van der Waals surface area contributed by atoms with Gasteiger partial charge in [-0.3, -0.25) is 4.79 Å². The highest BCUT2D eigenvalue weighted by atomic mass is 32.2. The molecule has 1 aliphatic heterocycles. The number of hydrogen-bond donors (Lipinski definition) is 0. The topological polar surface area (TPSA) is 80.1 Å². The number of carbonyl (C=O) groups excluding carboxylic acids is 1. The molecule has 25 heavy (non-hydrogen) atoms. The van der Waals surface area contributed by atoms with Crippen LogP contribution in [0.15, 0.2) is 40.8 Å². The normalized spacial score (nSPS) is 16.0. The first-order valence-corrected chi connectivity index (χ1v) is 9.76. The maximum absolute atomic E-state index is 12.5. The largest absolute Gasteiger partial charge is 0.426 e. The molecular formula is C17H20N2O5S. The fourth-order valence-electron chi connectivity index (χ4n) is 2.59. The highest BCUT2D eigenvalue weighted by molar-refractivity contribution is 7.88. The lowest BCUT2D eigenvalue weighted by Gasteiger charge is -2.32. The quantitative estimate of drug-likeness (QED) is 0.830. The highest BCUT2D eigenvalue weighted by Gasteiger charge is 2.28. The van der Waals surface area contributed by atoms with Crippen LogP contribution in [-0.2, 0) is 10.0 Å². The molecule has 3 rings (SSSR count). The zero-order valence-electron chi connectivity index (χ0n) is 14.1. The Morgan fingerprint density at radius 3 is 2.28 bits per heavy atom. The van der Waals surface area contributed by atoms with Gasteiger partial charge in [0.25, 0.3) is 11.9 Å². The third-order valence-electron chi connectivity index (χ3n) is 4.03. The first kappa shape index (κ1) is 17.5. The molecule has 0 spiro atoms. The van der Waals surface area contributed by atoms with Crippen molar-refractivity contribution in [1.82, 2.24) is 9.21 Å². The van der Waals surface area contributed by atoms with E-state index in [1.165, 1.54) is 10.6 Å². The number of carbonyl (C=O) groups is 1. The molecule has 1 aromatic heterocycles. The fourth-order valence-corrected chi connectivity index (χ4v) is 3.42. The summed E-state index contributed by atoms with van der Waals surface area (Å²) in [7, 11) is -3.22. The number of amides is 1. The Labute approximate surface area is 146 Å². The minimum Gasteiger partial charge on any atom is -0.426 e. The van der Waals surface area contributed by atoms with Crippen molar-refractivity contribution in [1.29, 1.82) is 0 Å². The van der Waals surface area contributed by atoms with Crippen molar-refractivity contribution < 1.29 is 22.4 Å². The highest BCUT2D eigenvalue weighted by Crippen LogP contribution is 2.25. The molecule has 0 saturated carbocycles. The van der Waals surface area contributed by atoms with Crippen molar-refractivity contribution in [2.45, 2.75) is 6.92 Å². The summed E-state index contributed by atoms with van der Waals surface area (Å²) < 4.78 is 35.5. The summed E-state index contributed by atoms with van der Waals surface area (Å²) in [4.78, 5) is 14.1. The van der Waals surface area contributed by atoms with Gasteiger partial charge in [-0.05, 0) is 25.1 Å². The van der Waals surface area contributed by atoms with Crippen LogP contribution in [-0.4, -0.2) is 56.0 Å². The molecule has 1 amide bonds. The molecule has 2 heterocycles. The standard InChI is InChI=1S/C17H20N2O5S/c1-13-3-5-14(6-4-13)23-16-8-7-15(24-16)17(20)18-9-11-19(12-10-18)25(2,21)22/h3-8H,9-12H2,1-2H3. The van der Waals surface area contributed by atoms with Crippen molar-refractivity contribution >= 4 is 15.9 Å². The third kappa shape index (κ3) is 4.21. The lowest BCUT2D eigenvalue weighted by Crippen LogP contribution is -2.50. The Balaban J connectivity index is 1.62. The Morgan fingerprint density at radius 1 is 1.04 bits per heavy atom. The van der Waals surface area contributed by atoms with Crippen molar-refractivity contribution in [3.63, 3.8) is 0 Å². The van der Waals surface area contributed by atoms with Gasteiger partial charge in [-0.25, -0.2) is 8.42 Å². The monoisotopic (exact) mass is 364 g/mol. The Kier molecular flexibility index (Phi) is 4.82. The number of furan rings is 1. The van der Waals surface area contributed by atoms with E-state index in [0.29, 0.717) is 18.8 Å². The van der Waals surface area contributed by atoms with Crippen molar-refractivity contribution in [3.05, 3.63) is 47.7 Å². The Hall–Kier alpha value is -2.32. The van der Waals surface area contributed by atoms with Crippen LogP contribution in [0.3, 0.4) is 0 Å². The third-order valence-corrected chi connectivity index (χ3v) is 5.33. The van der Waals surface area contributed by atoms with E-state index in [-0.39, 0.29) is 30.7 Å². The molecule has 0 bridgehead atoms. The van der Waals surface area contributed by atoms with E-state index in [0.717, 1.165) is 5.56 Å². The summed E-state index contributed by atoms with van der Waals surface area (Å²) in [5.74, 6) is 0.768. The Morgan fingerprint density at radius 2 is 1.68 bits per heavy atom. The number of piperazine rings is 1. The number of ether oxygens (including phenoxy) is 1. The summed E-state index contributed by atoms with van der Waals surface area (Å²) in [6.45, 7) is 3.23. The van der Waals surface area contributed by atoms with Crippen LogP contribution < -0.4 is 4.74 Å². The molecule has 0 unspecified atom stereocenters. The van der Waals surface area contributed by atoms with Gasteiger partial charge >= 0.3 is 0 Å². The van der Waals surface area contributed by atoms with Gasteiger partial charge in [0, 0.05) is 32.2 Å². The van der Waals surface area contributed by atoms with Crippen LogP contribution in [0.25, 0.3) is 0 Å². The lowest BCUT2D eigenvalue weighted by atomic mass is 10.2. The number of rotatable bonds is 4. The van der Waals surface area contributed by atoms with Crippen LogP contribution in [0.4, 0.5) is 0 Å². The number of hydrogen-bond acceptors (Lipinski definition) is 5. The van der Waals surface area contributed by atoms with E-state index in [1.54, 1.807) is 17.0 Å². The molecule has 134 valence electrons. The fraction of sp³-hybridized carbons (Fsp3) is 0.353. The molecule has 7 nitrogen and oxygen atoms in total. The zero-order chi connectivity index (χ0) is 18.0. The second-order valence-electron chi connectivity index (χ2n) is 5.99. The molecule has 1 fully saturated rings. The van der Waals surface area contributed by atoms with Gasteiger partial charge in [0.15, 0.2) is 5.76 Å². The van der Waals surface area contributed by atoms with Crippen LogP contribution in [0.5, 0.6) is 11.7 Å². The van der Waals surface area contributed by atoms with Crippen molar-refractivity contribution in [2.75, 3.05) is 32.4 Å². The smallest absolute Gasteiger partial charge is 0.290 e. The first-order valence-electron chi connectivity index (χ1n) is 7.92. The van der Waals surface area contributed by atoms with E-state index < -0.39 is 10.0 Å². The van der Waals surface area contributed by atoms with Gasteiger partial charge in [-0.15, -0.1) is 0 Å². The minimum atomic E-state index is -3.22. The predicted molar refractivity (Wildman–Crippen MR) is 92.3 cm³/mol. The summed E-state index contributed by atoms with van der Waals surface area (Å²) in [6, 6.07) is 10.7. The van der Waals surface area contributed by atoms with E-state index in [2.05, 4.69) is 0 Å². The molecule has 1 aliphatic rings. The SMILES string of the molecule is Cc1ccc(Oc2ccc(C(=O)N3CCN(S(C)(=O)=O)CC3)o2)cc1. The Bertz CT molecular complexity index is 849. The van der Waals surface area contributed by atoms with Crippen LogP contribution >= 0.6 is 0 Å².